The summed E-state index contributed by atoms with van der Waals surface area (Å²) in [5.41, 5.74) is 2.69. The number of fused-ring (bicyclic) bond motifs is 1. The number of aryl methyl sites for hydroxylation is 2. The minimum absolute atomic E-state index is 0.906. The summed E-state index contributed by atoms with van der Waals surface area (Å²) >= 11 is 7.96. The average Bonchev–Trinajstić information content (AvgIpc) is 2.07. The van der Waals surface area contributed by atoms with E-state index in [9.17, 15) is 0 Å². The van der Waals surface area contributed by atoms with Crippen LogP contribution in [0.4, 0.5) is 0 Å². The van der Waals surface area contributed by atoms with Crippen molar-refractivity contribution in [2.45, 2.75) is 24.7 Å². The first-order chi connectivity index (χ1) is 5.77. The van der Waals surface area contributed by atoms with Crippen molar-refractivity contribution >= 4 is 23.4 Å². The third-order valence-electron chi connectivity index (χ3n) is 2.19. The quantitative estimate of drug-likeness (QED) is 0.613. The van der Waals surface area contributed by atoms with Crippen LogP contribution in [-0.2, 0) is 6.42 Å². The van der Waals surface area contributed by atoms with Crippen LogP contribution in [0.15, 0.2) is 17.0 Å². The first-order valence-corrected chi connectivity index (χ1v) is 5.55. The fraction of sp³-hybridized carbons (Fsp3) is 0.400. The first kappa shape index (κ1) is 8.46. The maximum atomic E-state index is 6.03. The molecule has 2 rings (SSSR count). The van der Waals surface area contributed by atoms with Gasteiger partial charge < -0.3 is 0 Å². The normalized spacial score (nSPS) is 15.8. The van der Waals surface area contributed by atoms with E-state index in [0.29, 0.717) is 0 Å². The predicted molar refractivity (Wildman–Crippen MR) is 55.2 cm³/mol. The Kier molecular flexibility index (Phi) is 2.33. The third kappa shape index (κ3) is 1.48. The molecule has 0 spiro atoms. The van der Waals surface area contributed by atoms with Gasteiger partial charge in [-0.25, -0.2) is 0 Å². The number of hydrogen-bond donors (Lipinski definition) is 0. The topological polar surface area (TPSA) is 0 Å². The lowest BCUT2D eigenvalue weighted by molar-refractivity contribution is 0.888. The van der Waals surface area contributed by atoms with Crippen LogP contribution in [0.3, 0.4) is 0 Å². The molecule has 0 radical (unpaired) electrons. The van der Waals surface area contributed by atoms with Crippen LogP contribution in [0.2, 0.25) is 5.02 Å². The second-order valence-electron chi connectivity index (χ2n) is 3.16. The number of hydrogen-bond acceptors (Lipinski definition) is 1. The van der Waals surface area contributed by atoms with E-state index in [1.807, 2.05) is 11.8 Å². The Bertz CT molecular complexity index is 276. The van der Waals surface area contributed by atoms with Crippen molar-refractivity contribution in [2.24, 2.45) is 0 Å². The molecule has 0 fully saturated rings. The van der Waals surface area contributed by atoms with Crippen molar-refractivity contribution in [3.63, 3.8) is 0 Å². The third-order valence-corrected chi connectivity index (χ3v) is 3.78. The molecule has 0 bridgehead atoms. The van der Waals surface area contributed by atoms with Gasteiger partial charge in [-0.05, 0) is 42.7 Å². The van der Waals surface area contributed by atoms with Gasteiger partial charge in [0.25, 0.3) is 0 Å². The molecule has 0 saturated carbocycles. The Morgan fingerprint density at radius 1 is 1.42 bits per heavy atom. The molecule has 2 heteroatoms. The molecule has 1 aliphatic rings. The van der Waals surface area contributed by atoms with E-state index in [0.717, 1.165) is 5.02 Å². The molecule has 64 valence electrons. The molecule has 0 nitrogen and oxygen atoms in total. The smallest absolute Gasteiger partial charge is 0.0446 e. The van der Waals surface area contributed by atoms with Crippen LogP contribution in [0.1, 0.15) is 17.5 Å². The Morgan fingerprint density at radius 2 is 2.25 bits per heavy atom. The second-order valence-corrected chi connectivity index (χ2v) is 4.71. The van der Waals surface area contributed by atoms with Gasteiger partial charge in [-0.15, -0.1) is 11.8 Å². The lowest BCUT2D eigenvalue weighted by Crippen LogP contribution is -1.98. The molecule has 1 aromatic rings. The van der Waals surface area contributed by atoms with Gasteiger partial charge in [0, 0.05) is 9.92 Å². The summed E-state index contributed by atoms with van der Waals surface area (Å²) in [6.07, 6.45) is 2.53. The summed E-state index contributed by atoms with van der Waals surface area (Å²) in [6, 6.07) is 4.33. The van der Waals surface area contributed by atoms with Crippen LogP contribution >= 0.6 is 23.4 Å². The van der Waals surface area contributed by atoms with E-state index in [1.165, 1.54) is 34.6 Å². The molecule has 0 atom stereocenters. The van der Waals surface area contributed by atoms with Gasteiger partial charge in [0.2, 0.25) is 0 Å². The molecule has 0 aromatic heterocycles. The van der Waals surface area contributed by atoms with Crippen LogP contribution in [0, 0.1) is 6.92 Å². The van der Waals surface area contributed by atoms with Crippen LogP contribution in [0.5, 0.6) is 0 Å². The van der Waals surface area contributed by atoms with Crippen molar-refractivity contribution in [3.05, 3.63) is 28.3 Å². The Morgan fingerprint density at radius 3 is 3.08 bits per heavy atom. The molecular formula is C10H11ClS. The minimum Gasteiger partial charge on any atom is -0.126 e. The summed E-state index contributed by atoms with van der Waals surface area (Å²) < 4.78 is 0. The van der Waals surface area contributed by atoms with Gasteiger partial charge in [0.05, 0.1) is 0 Å². The summed E-state index contributed by atoms with van der Waals surface area (Å²) in [7, 11) is 0. The second kappa shape index (κ2) is 3.31. The zero-order valence-electron chi connectivity index (χ0n) is 7.06. The lowest BCUT2D eigenvalue weighted by atomic mass is 10.1. The minimum atomic E-state index is 0.906. The van der Waals surface area contributed by atoms with Gasteiger partial charge in [-0.2, -0.15) is 0 Å². The van der Waals surface area contributed by atoms with E-state index < -0.39 is 0 Å². The van der Waals surface area contributed by atoms with Gasteiger partial charge in [-0.1, -0.05) is 17.7 Å². The zero-order valence-corrected chi connectivity index (χ0v) is 8.63. The number of rotatable bonds is 0. The predicted octanol–water partition coefficient (Wildman–Crippen LogP) is 3.69. The summed E-state index contributed by atoms with van der Waals surface area (Å²) in [4.78, 5) is 1.39. The van der Waals surface area contributed by atoms with Crippen molar-refractivity contribution in [1.29, 1.82) is 0 Å². The highest BCUT2D eigenvalue weighted by molar-refractivity contribution is 7.99. The van der Waals surface area contributed by atoms with E-state index in [-0.39, 0.29) is 0 Å². The maximum Gasteiger partial charge on any atom is 0.0446 e. The van der Waals surface area contributed by atoms with Gasteiger partial charge in [0.15, 0.2) is 0 Å². The monoisotopic (exact) mass is 198 g/mol. The van der Waals surface area contributed by atoms with Gasteiger partial charge in [0.1, 0.15) is 0 Å². The van der Waals surface area contributed by atoms with E-state index in [1.54, 1.807) is 0 Å². The van der Waals surface area contributed by atoms with Gasteiger partial charge >= 0.3 is 0 Å². The molecule has 0 N–H and O–H groups in total. The molecule has 1 aromatic carbocycles. The van der Waals surface area contributed by atoms with Crippen LogP contribution < -0.4 is 0 Å². The summed E-state index contributed by atoms with van der Waals surface area (Å²) in [6.45, 7) is 2.07. The van der Waals surface area contributed by atoms with Crippen molar-refractivity contribution in [2.75, 3.05) is 5.75 Å². The van der Waals surface area contributed by atoms with Crippen LogP contribution in [-0.4, -0.2) is 5.75 Å². The number of benzene rings is 1. The molecule has 0 saturated heterocycles. The molecule has 0 unspecified atom stereocenters. The molecule has 1 heterocycles. The lowest BCUT2D eigenvalue weighted by Gasteiger charge is -2.16. The van der Waals surface area contributed by atoms with Crippen molar-refractivity contribution in [1.82, 2.24) is 0 Å². The molecule has 0 aliphatic carbocycles. The summed E-state index contributed by atoms with van der Waals surface area (Å²) in [5.74, 6) is 1.24. The highest BCUT2D eigenvalue weighted by Crippen LogP contribution is 2.33. The fourth-order valence-electron chi connectivity index (χ4n) is 1.50. The van der Waals surface area contributed by atoms with E-state index in [2.05, 4.69) is 19.1 Å². The van der Waals surface area contributed by atoms with Crippen molar-refractivity contribution in [3.8, 4) is 0 Å². The molecule has 0 amide bonds. The number of thioether (sulfide) groups is 1. The van der Waals surface area contributed by atoms with Crippen LogP contribution in [0.25, 0.3) is 0 Å². The molecular weight excluding hydrogens is 188 g/mol. The first-order valence-electron chi connectivity index (χ1n) is 4.19. The Hall–Kier alpha value is -0.140. The molecule has 12 heavy (non-hydrogen) atoms. The average molecular weight is 199 g/mol. The Balaban J connectivity index is 2.49. The molecule has 1 aliphatic heterocycles. The van der Waals surface area contributed by atoms with E-state index in [4.69, 9.17) is 11.6 Å². The van der Waals surface area contributed by atoms with Gasteiger partial charge in [-0.3, -0.25) is 0 Å². The fourth-order valence-corrected chi connectivity index (χ4v) is 2.78. The largest absolute Gasteiger partial charge is 0.126 e. The Labute approximate surface area is 82.3 Å². The standard InChI is InChI=1S/C10H11ClS/c1-7-5-8-3-2-4-12-10(8)6-9(7)11/h5-6H,2-4H2,1H3. The van der Waals surface area contributed by atoms with E-state index >= 15 is 0 Å². The SMILES string of the molecule is Cc1cc2c(cc1Cl)SCCC2. The zero-order chi connectivity index (χ0) is 8.55. The highest BCUT2D eigenvalue weighted by Gasteiger charge is 2.10. The highest BCUT2D eigenvalue weighted by atomic mass is 35.5. The number of halogens is 1. The summed E-state index contributed by atoms with van der Waals surface area (Å²) in [5, 5.41) is 0.906. The maximum absolute atomic E-state index is 6.03. The van der Waals surface area contributed by atoms with Crippen molar-refractivity contribution < 1.29 is 0 Å².